The van der Waals surface area contributed by atoms with Gasteiger partial charge in [0.1, 0.15) is 11.3 Å². The third-order valence-electron chi connectivity index (χ3n) is 4.89. The molecule has 2 aromatic heterocycles. The first kappa shape index (κ1) is 19.8. The van der Waals surface area contributed by atoms with Gasteiger partial charge in [0.05, 0.1) is 25.0 Å². The highest BCUT2D eigenvalue weighted by molar-refractivity contribution is 7.99. The van der Waals surface area contributed by atoms with Crippen LogP contribution < -0.4 is 10.2 Å². The Bertz CT molecular complexity index is 947. The molecule has 9 heteroatoms. The second kappa shape index (κ2) is 8.87. The molecule has 1 N–H and O–H groups in total. The SMILES string of the molecule is CCn1c(SCC(=O)N[C@H](C)c2cc3ccccc3o2)nnc1N1CCOCC1. The summed E-state index contributed by atoms with van der Waals surface area (Å²) in [6, 6.07) is 9.59. The van der Waals surface area contributed by atoms with Crippen LogP contribution in [0.5, 0.6) is 0 Å². The van der Waals surface area contributed by atoms with E-state index in [0.717, 1.165) is 47.5 Å². The molecular formula is C20H25N5O3S. The van der Waals surface area contributed by atoms with E-state index >= 15 is 0 Å². The summed E-state index contributed by atoms with van der Waals surface area (Å²) in [4.78, 5) is 14.6. The number of rotatable bonds is 7. The van der Waals surface area contributed by atoms with Gasteiger partial charge in [-0.25, -0.2) is 0 Å². The zero-order valence-electron chi connectivity index (χ0n) is 16.6. The van der Waals surface area contributed by atoms with Gasteiger partial charge in [0.2, 0.25) is 11.9 Å². The maximum Gasteiger partial charge on any atom is 0.231 e. The predicted octanol–water partition coefficient (Wildman–Crippen LogP) is 2.85. The normalized spacial score (nSPS) is 15.6. The molecule has 0 radical (unpaired) electrons. The fraction of sp³-hybridized carbons (Fsp3) is 0.450. The van der Waals surface area contributed by atoms with Crippen molar-refractivity contribution in [1.29, 1.82) is 0 Å². The Balaban J connectivity index is 1.36. The van der Waals surface area contributed by atoms with Crippen LogP contribution >= 0.6 is 11.8 Å². The summed E-state index contributed by atoms with van der Waals surface area (Å²) in [5.74, 6) is 1.79. The molecule has 4 rings (SSSR count). The van der Waals surface area contributed by atoms with Crippen LogP contribution in [0, 0.1) is 0 Å². The van der Waals surface area contributed by atoms with E-state index in [1.165, 1.54) is 11.8 Å². The largest absolute Gasteiger partial charge is 0.459 e. The highest BCUT2D eigenvalue weighted by Gasteiger charge is 2.21. The lowest BCUT2D eigenvalue weighted by Gasteiger charge is -2.27. The van der Waals surface area contributed by atoms with Crippen molar-refractivity contribution < 1.29 is 13.9 Å². The topological polar surface area (TPSA) is 85.4 Å². The number of amides is 1. The minimum Gasteiger partial charge on any atom is -0.459 e. The summed E-state index contributed by atoms with van der Waals surface area (Å²) in [5, 5.41) is 13.4. The Morgan fingerprint density at radius 2 is 2.07 bits per heavy atom. The number of para-hydroxylation sites is 1. The smallest absolute Gasteiger partial charge is 0.231 e. The Labute approximate surface area is 173 Å². The van der Waals surface area contributed by atoms with Gasteiger partial charge in [-0.05, 0) is 26.0 Å². The molecule has 154 valence electrons. The summed E-state index contributed by atoms with van der Waals surface area (Å²) < 4.78 is 13.3. The van der Waals surface area contributed by atoms with E-state index in [4.69, 9.17) is 9.15 Å². The highest BCUT2D eigenvalue weighted by Crippen LogP contribution is 2.25. The summed E-state index contributed by atoms with van der Waals surface area (Å²) in [5.41, 5.74) is 0.824. The summed E-state index contributed by atoms with van der Waals surface area (Å²) in [7, 11) is 0. The molecule has 1 atom stereocenters. The number of ether oxygens (including phenoxy) is 1. The van der Waals surface area contributed by atoms with Crippen LogP contribution in [0.1, 0.15) is 25.6 Å². The minimum absolute atomic E-state index is 0.0680. The van der Waals surface area contributed by atoms with Crippen LogP contribution in [0.25, 0.3) is 11.0 Å². The Morgan fingerprint density at radius 3 is 2.83 bits per heavy atom. The molecule has 1 aliphatic heterocycles. The molecule has 0 saturated carbocycles. The molecule has 0 bridgehead atoms. The van der Waals surface area contributed by atoms with Gasteiger partial charge in [-0.2, -0.15) is 0 Å². The number of nitrogens with zero attached hydrogens (tertiary/aromatic N) is 4. The number of carbonyl (C=O) groups is 1. The van der Waals surface area contributed by atoms with E-state index in [2.05, 4.69) is 27.3 Å². The molecule has 29 heavy (non-hydrogen) atoms. The first-order valence-electron chi connectivity index (χ1n) is 9.82. The number of hydrogen-bond donors (Lipinski definition) is 1. The number of hydrogen-bond acceptors (Lipinski definition) is 7. The van der Waals surface area contributed by atoms with E-state index in [1.807, 2.05) is 41.8 Å². The number of furan rings is 1. The van der Waals surface area contributed by atoms with Crippen LogP contribution in [0.3, 0.4) is 0 Å². The summed E-state index contributed by atoms with van der Waals surface area (Å²) in [6.07, 6.45) is 0. The number of thioether (sulfide) groups is 1. The molecular weight excluding hydrogens is 390 g/mol. The molecule has 1 saturated heterocycles. The fourth-order valence-corrected chi connectivity index (χ4v) is 4.17. The second-order valence-corrected chi connectivity index (χ2v) is 7.83. The molecule has 0 spiro atoms. The zero-order chi connectivity index (χ0) is 20.2. The summed E-state index contributed by atoms with van der Waals surface area (Å²) >= 11 is 1.40. The monoisotopic (exact) mass is 415 g/mol. The zero-order valence-corrected chi connectivity index (χ0v) is 17.4. The van der Waals surface area contributed by atoms with Gasteiger partial charge in [-0.1, -0.05) is 30.0 Å². The molecule has 0 aliphatic carbocycles. The van der Waals surface area contributed by atoms with Gasteiger partial charge in [-0.3, -0.25) is 9.36 Å². The number of fused-ring (bicyclic) bond motifs is 1. The maximum atomic E-state index is 12.5. The molecule has 1 aliphatic rings. The van der Waals surface area contributed by atoms with Crippen molar-refractivity contribution in [2.24, 2.45) is 0 Å². The lowest BCUT2D eigenvalue weighted by molar-refractivity contribution is -0.119. The van der Waals surface area contributed by atoms with Crippen LogP contribution in [0.15, 0.2) is 39.9 Å². The van der Waals surface area contributed by atoms with Crippen molar-refractivity contribution in [3.8, 4) is 0 Å². The van der Waals surface area contributed by atoms with Gasteiger partial charge in [0.15, 0.2) is 5.16 Å². The maximum absolute atomic E-state index is 12.5. The first-order valence-corrected chi connectivity index (χ1v) is 10.8. The lowest BCUT2D eigenvalue weighted by atomic mass is 10.2. The van der Waals surface area contributed by atoms with Crippen molar-refractivity contribution in [3.63, 3.8) is 0 Å². The van der Waals surface area contributed by atoms with Gasteiger partial charge in [-0.15, -0.1) is 10.2 Å². The highest BCUT2D eigenvalue weighted by atomic mass is 32.2. The van der Waals surface area contributed by atoms with Crippen LogP contribution in [-0.4, -0.2) is 52.7 Å². The lowest BCUT2D eigenvalue weighted by Crippen LogP contribution is -2.38. The quantitative estimate of drug-likeness (QED) is 0.594. The van der Waals surface area contributed by atoms with Crippen LogP contribution in [0.2, 0.25) is 0 Å². The first-order chi connectivity index (χ1) is 14.2. The molecule has 1 aromatic carbocycles. The third kappa shape index (κ3) is 4.40. The van der Waals surface area contributed by atoms with Crippen LogP contribution in [-0.2, 0) is 16.1 Å². The van der Waals surface area contributed by atoms with Crippen molar-refractivity contribution in [1.82, 2.24) is 20.1 Å². The van der Waals surface area contributed by atoms with Crippen molar-refractivity contribution in [2.45, 2.75) is 31.6 Å². The standard InChI is InChI=1S/C20H25N5O3S/c1-3-25-19(24-8-10-27-11-9-24)22-23-20(25)29-13-18(26)21-14(2)17-12-15-6-4-5-7-16(15)28-17/h4-7,12,14H,3,8-11,13H2,1-2H3,(H,21,26)/t14-/m1/s1. The Kier molecular flexibility index (Phi) is 6.05. The average molecular weight is 416 g/mol. The molecule has 0 unspecified atom stereocenters. The van der Waals surface area contributed by atoms with Gasteiger partial charge in [0, 0.05) is 25.0 Å². The number of nitrogens with one attached hydrogen (secondary N) is 1. The van der Waals surface area contributed by atoms with E-state index in [0.29, 0.717) is 13.2 Å². The van der Waals surface area contributed by atoms with E-state index < -0.39 is 0 Å². The van der Waals surface area contributed by atoms with Crippen molar-refractivity contribution in [3.05, 3.63) is 36.1 Å². The van der Waals surface area contributed by atoms with Crippen LogP contribution in [0.4, 0.5) is 5.95 Å². The van der Waals surface area contributed by atoms with Gasteiger partial charge < -0.3 is 19.4 Å². The molecule has 8 nitrogen and oxygen atoms in total. The molecule has 1 amide bonds. The van der Waals surface area contributed by atoms with Gasteiger partial charge in [0.25, 0.3) is 0 Å². The minimum atomic E-state index is -0.205. The summed E-state index contributed by atoms with van der Waals surface area (Å²) in [6.45, 7) is 7.73. The van der Waals surface area contributed by atoms with Crippen molar-refractivity contribution >= 4 is 34.6 Å². The fourth-order valence-electron chi connectivity index (χ4n) is 3.36. The average Bonchev–Trinajstić information content (AvgIpc) is 3.36. The van der Waals surface area contributed by atoms with E-state index in [1.54, 1.807) is 0 Å². The van der Waals surface area contributed by atoms with Crippen molar-refractivity contribution in [2.75, 3.05) is 37.0 Å². The number of anilines is 1. The van der Waals surface area contributed by atoms with E-state index in [9.17, 15) is 4.79 Å². The molecule has 1 fully saturated rings. The second-order valence-electron chi connectivity index (χ2n) is 6.89. The number of morpholine rings is 1. The number of aromatic nitrogens is 3. The van der Waals surface area contributed by atoms with E-state index in [-0.39, 0.29) is 17.7 Å². The predicted molar refractivity (Wildman–Crippen MR) is 112 cm³/mol. The Morgan fingerprint density at radius 1 is 1.28 bits per heavy atom. The molecule has 3 heterocycles. The Hall–Kier alpha value is -2.52. The molecule has 3 aromatic rings. The number of carbonyl (C=O) groups excluding carboxylic acids is 1. The van der Waals surface area contributed by atoms with Gasteiger partial charge >= 0.3 is 0 Å². The third-order valence-corrected chi connectivity index (χ3v) is 5.86. The number of benzene rings is 1.